The molecule has 0 aliphatic rings. The van der Waals surface area contributed by atoms with Crippen LogP contribution in [0.2, 0.25) is 0 Å². The van der Waals surface area contributed by atoms with Gasteiger partial charge in [-0.25, -0.2) is 4.79 Å². The molecule has 0 fully saturated rings. The van der Waals surface area contributed by atoms with Gasteiger partial charge in [0.1, 0.15) is 0 Å². The SMILES string of the molecule is CCCC(CNC(=O)NCC(C)CSC)C(=O)O. The number of carbonyl (C=O) groups excluding carboxylic acids is 1. The van der Waals surface area contributed by atoms with Gasteiger partial charge in [0.05, 0.1) is 5.92 Å². The van der Waals surface area contributed by atoms with Crippen LogP contribution in [0.25, 0.3) is 0 Å². The van der Waals surface area contributed by atoms with E-state index in [1.165, 1.54) is 0 Å². The highest BCUT2D eigenvalue weighted by atomic mass is 32.2. The van der Waals surface area contributed by atoms with Crippen LogP contribution in [0.1, 0.15) is 26.7 Å². The average molecular weight is 276 g/mol. The Hall–Kier alpha value is -0.910. The summed E-state index contributed by atoms with van der Waals surface area (Å²) in [4.78, 5) is 22.3. The maximum atomic E-state index is 11.5. The van der Waals surface area contributed by atoms with Gasteiger partial charge < -0.3 is 15.7 Å². The van der Waals surface area contributed by atoms with Crippen molar-refractivity contribution >= 4 is 23.8 Å². The minimum Gasteiger partial charge on any atom is -0.481 e. The Morgan fingerprint density at radius 3 is 2.39 bits per heavy atom. The number of amides is 2. The number of carboxylic acid groups (broad SMARTS) is 1. The molecule has 0 aliphatic carbocycles. The van der Waals surface area contributed by atoms with Gasteiger partial charge in [0.2, 0.25) is 0 Å². The van der Waals surface area contributed by atoms with Crippen LogP contribution < -0.4 is 10.6 Å². The number of nitrogens with one attached hydrogen (secondary N) is 2. The number of carbonyl (C=O) groups is 2. The van der Waals surface area contributed by atoms with Gasteiger partial charge in [-0.15, -0.1) is 0 Å². The fourth-order valence-corrected chi connectivity index (χ4v) is 2.24. The van der Waals surface area contributed by atoms with Crippen molar-refractivity contribution in [2.75, 3.05) is 25.1 Å². The minimum atomic E-state index is -0.854. The van der Waals surface area contributed by atoms with Crippen LogP contribution in [0.4, 0.5) is 4.79 Å². The fraction of sp³-hybridized carbons (Fsp3) is 0.833. The highest BCUT2D eigenvalue weighted by Crippen LogP contribution is 2.05. The van der Waals surface area contributed by atoms with Crippen LogP contribution in [0.3, 0.4) is 0 Å². The number of thioether (sulfide) groups is 1. The first-order valence-corrected chi connectivity index (χ1v) is 7.64. The van der Waals surface area contributed by atoms with Gasteiger partial charge in [-0.1, -0.05) is 20.3 Å². The maximum Gasteiger partial charge on any atom is 0.314 e. The number of aliphatic carboxylic acids is 1. The van der Waals surface area contributed by atoms with Crippen molar-refractivity contribution in [1.29, 1.82) is 0 Å². The molecule has 0 rings (SSSR count). The molecule has 2 atom stereocenters. The van der Waals surface area contributed by atoms with E-state index >= 15 is 0 Å². The van der Waals surface area contributed by atoms with Crippen molar-refractivity contribution in [2.45, 2.75) is 26.7 Å². The smallest absolute Gasteiger partial charge is 0.314 e. The van der Waals surface area contributed by atoms with E-state index in [1.807, 2.05) is 13.2 Å². The largest absolute Gasteiger partial charge is 0.481 e. The monoisotopic (exact) mass is 276 g/mol. The molecule has 0 aliphatic heterocycles. The van der Waals surface area contributed by atoms with E-state index in [-0.39, 0.29) is 12.6 Å². The summed E-state index contributed by atoms with van der Waals surface area (Å²) in [6.45, 7) is 4.79. The Morgan fingerprint density at radius 2 is 1.89 bits per heavy atom. The zero-order valence-electron chi connectivity index (χ0n) is 11.4. The first-order valence-electron chi connectivity index (χ1n) is 6.24. The van der Waals surface area contributed by atoms with Crippen molar-refractivity contribution in [3.8, 4) is 0 Å². The molecule has 0 aromatic rings. The van der Waals surface area contributed by atoms with Crippen LogP contribution in [-0.4, -0.2) is 42.2 Å². The molecule has 0 saturated heterocycles. The maximum absolute atomic E-state index is 11.5. The molecule has 2 unspecified atom stereocenters. The normalized spacial score (nSPS) is 13.7. The zero-order chi connectivity index (χ0) is 14.0. The molecule has 2 amide bonds. The minimum absolute atomic E-state index is 0.186. The second-order valence-electron chi connectivity index (χ2n) is 4.48. The lowest BCUT2D eigenvalue weighted by Crippen LogP contribution is -2.41. The van der Waals surface area contributed by atoms with Gasteiger partial charge in [0, 0.05) is 13.1 Å². The first kappa shape index (κ1) is 17.1. The van der Waals surface area contributed by atoms with E-state index in [4.69, 9.17) is 5.11 Å². The molecule has 0 aromatic carbocycles. The Balaban J connectivity index is 3.83. The molecule has 0 saturated carbocycles. The topological polar surface area (TPSA) is 78.4 Å². The van der Waals surface area contributed by atoms with Crippen LogP contribution in [0.5, 0.6) is 0 Å². The quantitative estimate of drug-likeness (QED) is 0.600. The second kappa shape index (κ2) is 10.1. The molecule has 0 radical (unpaired) electrons. The highest BCUT2D eigenvalue weighted by molar-refractivity contribution is 7.98. The number of carboxylic acids is 1. The molecule has 0 spiro atoms. The molecule has 3 N–H and O–H groups in total. The van der Waals surface area contributed by atoms with Gasteiger partial charge in [0.25, 0.3) is 0 Å². The van der Waals surface area contributed by atoms with E-state index in [1.54, 1.807) is 11.8 Å². The third-order valence-corrected chi connectivity index (χ3v) is 3.46. The first-order chi connectivity index (χ1) is 8.51. The highest BCUT2D eigenvalue weighted by Gasteiger charge is 2.17. The standard InChI is InChI=1S/C12H24N2O3S/c1-4-5-10(11(15)16)7-14-12(17)13-6-9(2)8-18-3/h9-10H,4-8H2,1-3H3,(H,15,16)(H2,13,14,17). The number of urea groups is 1. The van der Waals surface area contributed by atoms with E-state index in [0.717, 1.165) is 12.2 Å². The van der Waals surface area contributed by atoms with Gasteiger partial charge in [-0.3, -0.25) is 4.79 Å². The lowest BCUT2D eigenvalue weighted by molar-refractivity contribution is -0.141. The average Bonchev–Trinajstić information content (AvgIpc) is 2.31. The zero-order valence-corrected chi connectivity index (χ0v) is 12.2. The molecule has 0 aromatic heterocycles. The molecule has 5 nitrogen and oxygen atoms in total. The summed E-state index contributed by atoms with van der Waals surface area (Å²) in [5.41, 5.74) is 0. The summed E-state index contributed by atoms with van der Waals surface area (Å²) in [6, 6.07) is -0.287. The summed E-state index contributed by atoms with van der Waals surface area (Å²) >= 11 is 1.74. The number of rotatable bonds is 9. The Kier molecular flexibility index (Phi) is 9.55. The van der Waals surface area contributed by atoms with Crippen molar-refractivity contribution in [2.24, 2.45) is 11.8 Å². The van der Waals surface area contributed by atoms with Gasteiger partial charge >= 0.3 is 12.0 Å². The fourth-order valence-electron chi connectivity index (χ4n) is 1.55. The lowest BCUT2D eigenvalue weighted by Gasteiger charge is -2.14. The van der Waals surface area contributed by atoms with Crippen LogP contribution in [0, 0.1) is 11.8 Å². The summed E-state index contributed by atoms with van der Waals surface area (Å²) in [6.07, 6.45) is 3.41. The number of hydrogen-bond donors (Lipinski definition) is 3. The van der Waals surface area contributed by atoms with Gasteiger partial charge in [0.15, 0.2) is 0 Å². The summed E-state index contributed by atoms with van der Waals surface area (Å²) in [5.74, 6) is 0.0577. The van der Waals surface area contributed by atoms with Crippen LogP contribution in [-0.2, 0) is 4.79 Å². The third-order valence-electron chi connectivity index (χ3n) is 2.56. The molecule has 106 valence electrons. The van der Waals surface area contributed by atoms with E-state index < -0.39 is 11.9 Å². The predicted octanol–water partition coefficient (Wildman–Crippen LogP) is 1.79. The Morgan fingerprint density at radius 1 is 1.28 bits per heavy atom. The van der Waals surface area contributed by atoms with Crippen LogP contribution >= 0.6 is 11.8 Å². The molecular weight excluding hydrogens is 252 g/mol. The second-order valence-corrected chi connectivity index (χ2v) is 5.39. The molecular formula is C12H24N2O3S. The predicted molar refractivity (Wildman–Crippen MR) is 75.0 cm³/mol. The van der Waals surface area contributed by atoms with E-state index in [0.29, 0.717) is 18.9 Å². The van der Waals surface area contributed by atoms with E-state index in [9.17, 15) is 9.59 Å². The van der Waals surface area contributed by atoms with Gasteiger partial charge in [-0.05, 0) is 24.3 Å². The van der Waals surface area contributed by atoms with Crippen molar-refractivity contribution in [3.05, 3.63) is 0 Å². The van der Waals surface area contributed by atoms with Gasteiger partial charge in [-0.2, -0.15) is 11.8 Å². The number of hydrogen-bond acceptors (Lipinski definition) is 3. The Bertz CT molecular complexity index is 262. The van der Waals surface area contributed by atoms with Crippen molar-refractivity contribution < 1.29 is 14.7 Å². The summed E-state index contributed by atoms with van der Waals surface area (Å²) in [7, 11) is 0. The Labute approximate surface area is 113 Å². The van der Waals surface area contributed by atoms with Crippen LogP contribution in [0.15, 0.2) is 0 Å². The molecule has 6 heteroatoms. The molecule has 0 bridgehead atoms. The summed E-state index contributed by atoms with van der Waals surface area (Å²) < 4.78 is 0. The molecule has 18 heavy (non-hydrogen) atoms. The molecule has 0 heterocycles. The van der Waals surface area contributed by atoms with Crippen molar-refractivity contribution in [1.82, 2.24) is 10.6 Å². The lowest BCUT2D eigenvalue weighted by atomic mass is 10.0. The summed E-state index contributed by atoms with van der Waals surface area (Å²) in [5, 5.41) is 14.3. The van der Waals surface area contributed by atoms with Crippen molar-refractivity contribution in [3.63, 3.8) is 0 Å². The van der Waals surface area contributed by atoms with E-state index in [2.05, 4.69) is 17.6 Å². The third kappa shape index (κ3) is 8.22.